The molecule has 122 valence electrons. The van der Waals surface area contributed by atoms with Crippen molar-refractivity contribution in [2.75, 3.05) is 12.4 Å². The number of benzene rings is 1. The molecule has 0 aliphatic carbocycles. The lowest BCUT2D eigenvalue weighted by atomic mass is 10.1. The molecule has 0 spiro atoms. The van der Waals surface area contributed by atoms with Gasteiger partial charge >= 0.3 is 6.01 Å². The van der Waals surface area contributed by atoms with Gasteiger partial charge < -0.3 is 10.1 Å². The monoisotopic (exact) mass is 326 g/mol. The van der Waals surface area contributed by atoms with E-state index in [0.29, 0.717) is 22.2 Å². The van der Waals surface area contributed by atoms with E-state index in [1.807, 2.05) is 13.0 Å². The van der Waals surface area contributed by atoms with Gasteiger partial charge in [0.25, 0.3) is 0 Å². The molecule has 7 heteroatoms. The number of rotatable bonds is 3. The molecule has 0 unspecified atom stereocenters. The van der Waals surface area contributed by atoms with E-state index < -0.39 is 5.82 Å². The zero-order valence-electron chi connectivity index (χ0n) is 13.4. The van der Waals surface area contributed by atoms with Crippen LogP contribution >= 0.6 is 0 Å². The molecule has 1 N–H and O–H groups in total. The van der Waals surface area contributed by atoms with Gasteiger partial charge in [-0.25, -0.2) is 19.3 Å². The van der Waals surface area contributed by atoms with Crippen LogP contribution in [0.15, 0.2) is 30.6 Å². The number of hydrogen-bond acceptors (Lipinski definition) is 5. The molecule has 6 nitrogen and oxygen atoms in total. The van der Waals surface area contributed by atoms with Crippen LogP contribution in [-0.4, -0.2) is 28.0 Å². The number of fused-ring (bicyclic) bond motifs is 1. The molecular formula is C17H15FN4O2. The first kappa shape index (κ1) is 15.8. The number of amides is 1. The highest BCUT2D eigenvalue weighted by Crippen LogP contribution is 2.28. The fraction of sp³-hybridized carbons (Fsp3) is 0.176. The third kappa shape index (κ3) is 3.01. The maximum atomic E-state index is 14.1. The molecule has 1 amide bonds. The van der Waals surface area contributed by atoms with Crippen molar-refractivity contribution in [2.45, 2.75) is 13.8 Å². The second-order valence-electron chi connectivity index (χ2n) is 5.31. The van der Waals surface area contributed by atoms with Crippen LogP contribution < -0.4 is 10.1 Å². The standard InChI is InChI=1S/C17H15FN4O2/c1-9-4-14(11-7-19-17(24-3)20-8-11)22-15-6-16(21-10(2)23)13(18)5-12(9)15/h4-8H,1-3H3,(H,21,23). The van der Waals surface area contributed by atoms with Crippen molar-refractivity contribution in [3.8, 4) is 17.3 Å². The molecule has 0 saturated heterocycles. The number of hydrogen-bond donors (Lipinski definition) is 1. The topological polar surface area (TPSA) is 77.0 Å². The molecular weight excluding hydrogens is 311 g/mol. The maximum absolute atomic E-state index is 14.1. The Bertz CT molecular complexity index is 926. The summed E-state index contributed by atoms with van der Waals surface area (Å²) in [5.41, 5.74) is 2.91. The summed E-state index contributed by atoms with van der Waals surface area (Å²) < 4.78 is 19.0. The van der Waals surface area contributed by atoms with Gasteiger partial charge in [0.15, 0.2) is 0 Å². The Kier molecular flexibility index (Phi) is 4.07. The van der Waals surface area contributed by atoms with Gasteiger partial charge in [-0.15, -0.1) is 0 Å². The van der Waals surface area contributed by atoms with E-state index >= 15 is 0 Å². The SMILES string of the molecule is COc1ncc(-c2cc(C)c3cc(F)c(NC(C)=O)cc3n2)cn1. The minimum atomic E-state index is -0.497. The lowest BCUT2D eigenvalue weighted by Crippen LogP contribution is -2.07. The average Bonchev–Trinajstić information content (AvgIpc) is 2.56. The molecule has 0 atom stereocenters. The number of nitrogens with zero attached hydrogens (tertiary/aromatic N) is 3. The molecule has 2 aromatic heterocycles. The summed E-state index contributed by atoms with van der Waals surface area (Å²) in [6.07, 6.45) is 3.22. The lowest BCUT2D eigenvalue weighted by Gasteiger charge is -2.10. The molecule has 24 heavy (non-hydrogen) atoms. The number of aryl methyl sites for hydroxylation is 1. The van der Waals surface area contributed by atoms with E-state index in [-0.39, 0.29) is 17.6 Å². The van der Waals surface area contributed by atoms with Gasteiger partial charge in [0.05, 0.1) is 24.0 Å². The molecule has 1 aromatic carbocycles. The van der Waals surface area contributed by atoms with Crippen LogP contribution in [0.25, 0.3) is 22.2 Å². The first-order valence-corrected chi connectivity index (χ1v) is 7.23. The normalized spacial score (nSPS) is 10.7. The fourth-order valence-corrected chi connectivity index (χ4v) is 2.40. The number of nitrogens with one attached hydrogen (secondary N) is 1. The first-order chi connectivity index (χ1) is 11.5. The van der Waals surface area contributed by atoms with E-state index in [0.717, 1.165) is 5.56 Å². The second-order valence-corrected chi connectivity index (χ2v) is 5.31. The number of methoxy groups -OCH3 is 1. The van der Waals surface area contributed by atoms with Crippen LogP contribution in [0.5, 0.6) is 6.01 Å². The largest absolute Gasteiger partial charge is 0.467 e. The Morgan fingerprint density at radius 1 is 1.21 bits per heavy atom. The van der Waals surface area contributed by atoms with Crippen LogP contribution in [-0.2, 0) is 4.79 Å². The van der Waals surface area contributed by atoms with Gasteiger partial charge in [-0.2, -0.15) is 0 Å². The van der Waals surface area contributed by atoms with Crippen LogP contribution in [0.3, 0.4) is 0 Å². The van der Waals surface area contributed by atoms with E-state index in [1.54, 1.807) is 12.4 Å². The Labute approximate surface area is 137 Å². The summed E-state index contributed by atoms with van der Waals surface area (Å²) in [7, 11) is 1.49. The lowest BCUT2D eigenvalue weighted by molar-refractivity contribution is -0.114. The predicted octanol–water partition coefficient (Wildman–Crippen LogP) is 3.11. The van der Waals surface area contributed by atoms with Crippen molar-refractivity contribution >= 4 is 22.5 Å². The second kappa shape index (κ2) is 6.19. The third-order valence-corrected chi connectivity index (χ3v) is 3.52. The Morgan fingerprint density at radius 3 is 2.54 bits per heavy atom. The minimum Gasteiger partial charge on any atom is -0.467 e. The molecule has 0 aliphatic rings. The summed E-state index contributed by atoms with van der Waals surface area (Å²) in [4.78, 5) is 23.9. The molecule has 0 aliphatic heterocycles. The van der Waals surface area contributed by atoms with Gasteiger partial charge in [0.2, 0.25) is 5.91 Å². The fourth-order valence-electron chi connectivity index (χ4n) is 2.40. The highest BCUT2D eigenvalue weighted by molar-refractivity contribution is 5.93. The number of halogens is 1. The molecule has 2 heterocycles. The van der Waals surface area contributed by atoms with Crippen LogP contribution in [0.4, 0.5) is 10.1 Å². The molecule has 0 bridgehead atoms. The van der Waals surface area contributed by atoms with Gasteiger partial charge in [0.1, 0.15) is 5.82 Å². The Hall–Kier alpha value is -3.09. The van der Waals surface area contributed by atoms with Crippen molar-refractivity contribution in [3.63, 3.8) is 0 Å². The van der Waals surface area contributed by atoms with Crippen molar-refractivity contribution in [2.24, 2.45) is 0 Å². The van der Waals surface area contributed by atoms with Gasteiger partial charge in [-0.3, -0.25) is 4.79 Å². The highest BCUT2D eigenvalue weighted by atomic mass is 19.1. The van der Waals surface area contributed by atoms with Crippen LogP contribution in [0.1, 0.15) is 12.5 Å². The van der Waals surface area contributed by atoms with E-state index in [1.165, 1.54) is 26.2 Å². The zero-order valence-corrected chi connectivity index (χ0v) is 13.4. The van der Waals surface area contributed by atoms with Gasteiger partial charge in [-0.05, 0) is 30.7 Å². The first-order valence-electron chi connectivity index (χ1n) is 7.23. The molecule has 0 fully saturated rings. The van der Waals surface area contributed by atoms with E-state index in [2.05, 4.69) is 20.3 Å². The Morgan fingerprint density at radius 2 is 1.92 bits per heavy atom. The molecule has 0 radical (unpaired) electrons. The van der Waals surface area contributed by atoms with Gasteiger partial charge in [-0.1, -0.05) is 0 Å². The summed E-state index contributed by atoms with van der Waals surface area (Å²) in [5, 5.41) is 3.14. The summed E-state index contributed by atoms with van der Waals surface area (Å²) in [6.45, 7) is 3.20. The quantitative estimate of drug-likeness (QED) is 0.800. The van der Waals surface area contributed by atoms with Crippen LogP contribution in [0, 0.1) is 12.7 Å². The number of anilines is 1. The predicted molar refractivity (Wildman–Crippen MR) is 88.3 cm³/mol. The van der Waals surface area contributed by atoms with Gasteiger partial charge in [0, 0.05) is 30.3 Å². The van der Waals surface area contributed by atoms with Crippen molar-refractivity contribution in [3.05, 3.63) is 42.0 Å². The van der Waals surface area contributed by atoms with Crippen LogP contribution in [0.2, 0.25) is 0 Å². The summed E-state index contributed by atoms with van der Waals surface area (Å²) in [5.74, 6) is -0.840. The molecule has 3 rings (SSSR count). The highest BCUT2D eigenvalue weighted by Gasteiger charge is 2.11. The number of ether oxygens (including phenoxy) is 1. The number of aromatic nitrogens is 3. The van der Waals surface area contributed by atoms with E-state index in [9.17, 15) is 9.18 Å². The number of carbonyl (C=O) groups is 1. The summed E-state index contributed by atoms with van der Waals surface area (Å²) in [6, 6.07) is 5.00. The zero-order chi connectivity index (χ0) is 17.3. The molecule has 3 aromatic rings. The van der Waals surface area contributed by atoms with Crippen molar-refractivity contribution < 1.29 is 13.9 Å². The number of pyridine rings is 1. The summed E-state index contributed by atoms with van der Waals surface area (Å²) >= 11 is 0. The Balaban J connectivity index is 2.13. The van der Waals surface area contributed by atoms with E-state index in [4.69, 9.17) is 4.74 Å². The third-order valence-electron chi connectivity index (χ3n) is 3.52. The minimum absolute atomic E-state index is 0.102. The van der Waals surface area contributed by atoms with Crippen molar-refractivity contribution in [1.82, 2.24) is 15.0 Å². The maximum Gasteiger partial charge on any atom is 0.316 e. The molecule has 0 saturated carbocycles. The van der Waals surface area contributed by atoms with Crippen molar-refractivity contribution in [1.29, 1.82) is 0 Å². The average molecular weight is 326 g/mol. The smallest absolute Gasteiger partial charge is 0.316 e. The number of carbonyl (C=O) groups excluding carboxylic acids is 1.